The molecule has 0 atom stereocenters. The molecule has 0 amide bonds. The Balaban J connectivity index is 1.87. The highest BCUT2D eigenvalue weighted by Gasteiger charge is 2.19. The lowest BCUT2D eigenvalue weighted by molar-refractivity contribution is 0.625. The molecule has 24 heavy (non-hydrogen) atoms. The molecule has 4 rings (SSSR count). The van der Waals surface area contributed by atoms with Crippen LogP contribution in [0.2, 0.25) is 0 Å². The quantitative estimate of drug-likeness (QED) is 0.600. The molecule has 2 aromatic heterocycles. The fourth-order valence-corrected chi connectivity index (χ4v) is 2.74. The zero-order valence-corrected chi connectivity index (χ0v) is 12.7. The summed E-state index contributed by atoms with van der Waals surface area (Å²) in [6, 6.07) is 14.1. The molecule has 0 spiro atoms. The molecule has 2 aromatic carbocycles. The van der Waals surface area contributed by atoms with Crippen LogP contribution in [0.25, 0.3) is 33.6 Å². The first kappa shape index (κ1) is 14.2. The summed E-state index contributed by atoms with van der Waals surface area (Å²) in [5.74, 6) is 0.248. The third-order valence-corrected chi connectivity index (χ3v) is 3.99. The lowest BCUT2D eigenvalue weighted by Crippen LogP contribution is -1.82. The van der Waals surface area contributed by atoms with Crippen molar-refractivity contribution in [2.75, 3.05) is 0 Å². The number of benzene rings is 2. The molecule has 4 aromatic rings. The molecule has 0 radical (unpaired) electrons. The van der Waals surface area contributed by atoms with E-state index in [1.165, 1.54) is 12.1 Å². The van der Waals surface area contributed by atoms with Crippen LogP contribution in [0, 0.1) is 24.1 Å². The van der Waals surface area contributed by atoms with E-state index in [0.29, 0.717) is 17.0 Å². The van der Waals surface area contributed by atoms with Gasteiger partial charge in [-0.25, -0.2) is 9.49 Å². The minimum absolute atomic E-state index is 0.260. The van der Waals surface area contributed by atoms with Gasteiger partial charge in [0.2, 0.25) is 0 Å². The standard InChI is InChI=1S/C18H11FN4O/c1-10-14-7-4-12(11-2-5-13(19)6-3-11)8-16(14)24-18(10)17-15(9-20)21-23-22-17/h2-8H,1H3,(H,21,22,23). The summed E-state index contributed by atoms with van der Waals surface area (Å²) in [5.41, 5.74) is 4.04. The van der Waals surface area contributed by atoms with Gasteiger partial charge in [0.15, 0.2) is 17.1 Å². The Labute approximate surface area is 136 Å². The van der Waals surface area contributed by atoms with Crippen molar-refractivity contribution in [2.45, 2.75) is 6.92 Å². The van der Waals surface area contributed by atoms with E-state index < -0.39 is 0 Å². The normalized spacial score (nSPS) is 10.9. The molecule has 0 saturated carbocycles. The summed E-state index contributed by atoms with van der Waals surface area (Å²) >= 11 is 0. The van der Waals surface area contributed by atoms with E-state index in [1.807, 2.05) is 31.2 Å². The summed E-state index contributed by atoms with van der Waals surface area (Å²) in [5, 5.41) is 20.2. The number of aromatic amines is 1. The number of fused-ring (bicyclic) bond motifs is 1. The van der Waals surface area contributed by atoms with Crippen LogP contribution in [0.15, 0.2) is 46.9 Å². The van der Waals surface area contributed by atoms with Crippen molar-refractivity contribution in [3.05, 3.63) is 59.5 Å². The SMILES string of the molecule is Cc1c(-c2nn[nH]c2C#N)oc2cc(-c3ccc(F)cc3)ccc12. The minimum atomic E-state index is -0.272. The smallest absolute Gasteiger partial charge is 0.167 e. The maximum atomic E-state index is 13.1. The predicted octanol–water partition coefficient (Wildman–Crippen LogP) is 4.20. The van der Waals surface area contributed by atoms with Crippen LogP contribution in [0.1, 0.15) is 11.3 Å². The van der Waals surface area contributed by atoms with Gasteiger partial charge in [-0.1, -0.05) is 29.5 Å². The molecular formula is C18H11FN4O. The Morgan fingerprint density at radius 2 is 1.88 bits per heavy atom. The number of furan rings is 1. The van der Waals surface area contributed by atoms with Gasteiger partial charge in [-0.3, -0.25) is 0 Å². The van der Waals surface area contributed by atoms with Gasteiger partial charge < -0.3 is 4.42 Å². The van der Waals surface area contributed by atoms with E-state index in [2.05, 4.69) is 15.4 Å². The minimum Gasteiger partial charge on any atom is -0.454 e. The fourth-order valence-electron chi connectivity index (χ4n) is 2.74. The van der Waals surface area contributed by atoms with E-state index in [-0.39, 0.29) is 11.5 Å². The first-order valence-corrected chi connectivity index (χ1v) is 7.28. The number of nitriles is 1. The number of hydrogen-bond donors (Lipinski definition) is 1. The molecule has 1 N–H and O–H groups in total. The highest BCUT2D eigenvalue weighted by molar-refractivity contribution is 5.90. The second-order valence-electron chi connectivity index (χ2n) is 5.42. The molecule has 0 saturated heterocycles. The number of nitrogens with zero attached hydrogens (tertiary/aromatic N) is 3. The summed E-state index contributed by atoms with van der Waals surface area (Å²) in [6.07, 6.45) is 0. The van der Waals surface area contributed by atoms with Crippen molar-refractivity contribution >= 4 is 11.0 Å². The monoisotopic (exact) mass is 318 g/mol. The van der Waals surface area contributed by atoms with Crippen LogP contribution in [-0.4, -0.2) is 15.4 Å². The van der Waals surface area contributed by atoms with Gasteiger partial charge in [0.05, 0.1) is 0 Å². The molecular weight excluding hydrogens is 307 g/mol. The largest absolute Gasteiger partial charge is 0.454 e. The van der Waals surface area contributed by atoms with Crippen molar-refractivity contribution in [3.8, 4) is 28.7 Å². The summed E-state index contributed by atoms with van der Waals surface area (Å²) < 4.78 is 19.0. The molecule has 0 fully saturated rings. The lowest BCUT2D eigenvalue weighted by atomic mass is 10.0. The molecule has 5 nitrogen and oxygen atoms in total. The molecule has 6 heteroatoms. The van der Waals surface area contributed by atoms with Crippen LogP contribution in [0.4, 0.5) is 4.39 Å². The first-order valence-electron chi connectivity index (χ1n) is 7.28. The first-order chi connectivity index (χ1) is 11.7. The van der Waals surface area contributed by atoms with Crippen molar-refractivity contribution in [1.82, 2.24) is 15.4 Å². The third kappa shape index (κ3) is 2.15. The van der Waals surface area contributed by atoms with Crippen LogP contribution in [-0.2, 0) is 0 Å². The number of H-pyrrole nitrogens is 1. The second-order valence-corrected chi connectivity index (χ2v) is 5.42. The van der Waals surface area contributed by atoms with Crippen molar-refractivity contribution in [2.24, 2.45) is 0 Å². The van der Waals surface area contributed by atoms with Gasteiger partial charge in [-0.2, -0.15) is 5.26 Å². The molecule has 2 heterocycles. The number of nitrogens with one attached hydrogen (secondary N) is 1. The molecule has 0 aliphatic heterocycles. The highest BCUT2D eigenvalue weighted by Crippen LogP contribution is 2.35. The van der Waals surface area contributed by atoms with Gasteiger partial charge in [-0.05, 0) is 36.2 Å². The maximum absolute atomic E-state index is 13.1. The predicted molar refractivity (Wildman–Crippen MR) is 86.4 cm³/mol. The van der Waals surface area contributed by atoms with E-state index in [0.717, 1.165) is 22.1 Å². The second kappa shape index (κ2) is 5.32. The number of aryl methyl sites for hydroxylation is 1. The van der Waals surface area contributed by atoms with Gasteiger partial charge in [0, 0.05) is 10.9 Å². The molecule has 0 aliphatic rings. The molecule has 0 bridgehead atoms. The van der Waals surface area contributed by atoms with Crippen molar-refractivity contribution in [3.63, 3.8) is 0 Å². The number of hydrogen-bond acceptors (Lipinski definition) is 4. The Morgan fingerprint density at radius 1 is 1.12 bits per heavy atom. The lowest BCUT2D eigenvalue weighted by Gasteiger charge is -2.01. The fraction of sp³-hybridized carbons (Fsp3) is 0.0556. The van der Waals surface area contributed by atoms with Gasteiger partial charge in [0.25, 0.3) is 0 Å². The van der Waals surface area contributed by atoms with Crippen LogP contribution >= 0.6 is 0 Å². The van der Waals surface area contributed by atoms with E-state index in [9.17, 15) is 4.39 Å². The molecule has 0 aliphatic carbocycles. The Kier molecular flexibility index (Phi) is 3.14. The zero-order chi connectivity index (χ0) is 16.7. The van der Waals surface area contributed by atoms with Gasteiger partial charge in [-0.15, -0.1) is 5.10 Å². The Bertz CT molecular complexity index is 1090. The van der Waals surface area contributed by atoms with Crippen molar-refractivity contribution < 1.29 is 8.81 Å². The summed E-state index contributed by atoms with van der Waals surface area (Å²) in [7, 11) is 0. The summed E-state index contributed by atoms with van der Waals surface area (Å²) in [6.45, 7) is 1.91. The average molecular weight is 318 g/mol. The van der Waals surface area contributed by atoms with Crippen LogP contribution in [0.5, 0.6) is 0 Å². The molecule has 0 unspecified atom stereocenters. The number of halogens is 1. The van der Waals surface area contributed by atoms with Gasteiger partial charge in [0.1, 0.15) is 17.5 Å². The Morgan fingerprint density at radius 3 is 2.62 bits per heavy atom. The van der Waals surface area contributed by atoms with Gasteiger partial charge >= 0.3 is 0 Å². The van der Waals surface area contributed by atoms with Crippen LogP contribution < -0.4 is 0 Å². The average Bonchev–Trinajstić information content (AvgIpc) is 3.19. The highest BCUT2D eigenvalue weighted by atomic mass is 19.1. The van der Waals surface area contributed by atoms with Crippen LogP contribution in [0.3, 0.4) is 0 Å². The van der Waals surface area contributed by atoms with Crippen molar-refractivity contribution in [1.29, 1.82) is 5.26 Å². The van der Waals surface area contributed by atoms with E-state index in [1.54, 1.807) is 12.1 Å². The number of rotatable bonds is 2. The number of aromatic nitrogens is 3. The third-order valence-electron chi connectivity index (χ3n) is 3.99. The van der Waals surface area contributed by atoms with E-state index in [4.69, 9.17) is 9.68 Å². The Hall–Kier alpha value is -3.46. The zero-order valence-electron chi connectivity index (χ0n) is 12.7. The topological polar surface area (TPSA) is 78.5 Å². The maximum Gasteiger partial charge on any atom is 0.167 e. The molecule has 116 valence electrons. The summed E-state index contributed by atoms with van der Waals surface area (Å²) in [4.78, 5) is 0. The van der Waals surface area contributed by atoms with E-state index >= 15 is 0 Å².